The largest absolute Gasteiger partial charge is 0.496 e. The molecule has 1 unspecified atom stereocenters. The molecule has 0 saturated heterocycles. The highest BCUT2D eigenvalue weighted by atomic mass is 35.5. The van der Waals surface area contributed by atoms with Crippen LogP contribution in [0.4, 0.5) is 13.2 Å². The van der Waals surface area contributed by atoms with E-state index in [0.717, 1.165) is 12.1 Å². The lowest BCUT2D eigenvalue weighted by molar-refractivity contribution is -0.137. The van der Waals surface area contributed by atoms with Crippen molar-refractivity contribution in [1.82, 2.24) is 5.32 Å². The Morgan fingerprint density at radius 1 is 1.21 bits per heavy atom. The predicted molar refractivity (Wildman–Crippen MR) is 85.3 cm³/mol. The van der Waals surface area contributed by atoms with Crippen LogP contribution in [0.5, 0.6) is 5.75 Å². The van der Waals surface area contributed by atoms with Gasteiger partial charge in [-0.3, -0.25) is 4.79 Å². The third-order valence-electron chi connectivity index (χ3n) is 3.47. The van der Waals surface area contributed by atoms with Crippen LogP contribution < -0.4 is 10.1 Å². The van der Waals surface area contributed by atoms with Crippen molar-refractivity contribution >= 4 is 17.5 Å². The molecule has 1 atom stereocenters. The van der Waals surface area contributed by atoms with Crippen molar-refractivity contribution in [3.8, 4) is 5.75 Å². The van der Waals surface area contributed by atoms with Gasteiger partial charge in [-0.2, -0.15) is 13.2 Å². The Bertz CT molecular complexity index is 747. The molecular weight excluding hydrogens is 343 g/mol. The number of alkyl halides is 3. The molecule has 0 aliphatic rings. The summed E-state index contributed by atoms with van der Waals surface area (Å²) in [5, 5.41) is 3.00. The Balaban J connectivity index is 2.22. The van der Waals surface area contributed by atoms with E-state index in [1.54, 1.807) is 19.1 Å². The van der Waals surface area contributed by atoms with Crippen LogP contribution in [-0.2, 0) is 6.18 Å². The highest BCUT2D eigenvalue weighted by Gasteiger charge is 2.30. The van der Waals surface area contributed by atoms with Gasteiger partial charge in [0, 0.05) is 5.02 Å². The second kappa shape index (κ2) is 7.13. The molecule has 0 aromatic heterocycles. The molecule has 2 aromatic carbocycles. The predicted octanol–water partition coefficient (Wildman–Crippen LogP) is 4.86. The maximum absolute atomic E-state index is 12.8. The number of methoxy groups -OCH3 is 1. The van der Waals surface area contributed by atoms with E-state index in [1.165, 1.54) is 25.3 Å². The Morgan fingerprint density at radius 3 is 2.54 bits per heavy atom. The zero-order chi connectivity index (χ0) is 17.9. The quantitative estimate of drug-likeness (QED) is 0.848. The van der Waals surface area contributed by atoms with Gasteiger partial charge < -0.3 is 10.1 Å². The van der Waals surface area contributed by atoms with Gasteiger partial charge in [0.05, 0.1) is 24.3 Å². The summed E-state index contributed by atoms with van der Waals surface area (Å²) in [6.07, 6.45) is -4.43. The van der Waals surface area contributed by atoms with E-state index in [4.69, 9.17) is 16.3 Å². The first kappa shape index (κ1) is 18.1. The molecule has 1 amide bonds. The van der Waals surface area contributed by atoms with Crippen molar-refractivity contribution in [2.45, 2.75) is 19.1 Å². The molecule has 0 aliphatic heterocycles. The smallest absolute Gasteiger partial charge is 0.416 e. The van der Waals surface area contributed by atoms with Gasteiger partial charge in [-0.15, -0.1) is 0 Å². The van der Waals surface area contributed by atoms with Crippen LogP contribution in [0.25, 0.3) is 0 Å². The van der Waals surface area contributed by atoms with Crippen molar-refractivity contribution in [2.75, 3.05) is 7.11 Å². The van der Waals surface area contributed by atoms with E-state index in [-0.39, 0.29) is 5.56 Å². The highest BCUT2D eigenvalue weighted by molar-refractivity contribution is 6.31. The Hall–Kier alpha value is -2.21. The topological polar surface area (TPSA) is 38.3 Å². The summed E-state index contributed by atoms with van der Waals surface area (Å²) in [5.41, 5.74) is -0.204. The second-order valence-corrected chi connectivity index (χ2v) is 5.60. The Labute approximate surface area is 142 Å². The molecule has 2 rings (SSSR count). The monoisotopic (exact) mass is 357 g/mol. The Morgan fingerprint density at radius 2 is 1.92 bits per heavy atom. The molecule has 0 heterocycles. The third kappa shape index (κ3) is 4.20. The summed E-state index contributed by atoms with van der Waals surface area (Å²) in [4.78, 5) is 12.4. The van der Waals surface area contributed by atoms with E-state index < -0.39 is 23.7 Å². The Kier molecular flexibility index (Phi) is 5.39. The van der Waals surface area contributed by atoms with E-state index in [1.807, 2.05) is 0 Å². The second-order valence-electron chi connectivity index (χ2n) is 5.16. The molecule has 2 aromatic rings. The van der Waals surface area contributed by atoms with E-state index >= 15 is 0 Å². The fourth-order valence-corrected chi connectivity index (χ4v) is 2.37. The summed E-state index contributed by atoms with van der Waals surface area (Å²) < 4.78 is 43.5. The average molecular weight is 358 g/mol. The summed E-state index contributed by atoms with van der Waals surface area (Å²) in [7, 11) is 1.41. The minimum absolute atomic E-state index is 0.212. The molecule has 0 saturated carbocycles. The SMILES string of the molecule is COc1ccc(Cl)cc1C(=O)NC(C)c1cccc(C(F)(F)F)c1. The first-order valence-electron chi connectivity index (χ1n) is 7.04. The summed E-state index contributed by atoms with van der Waals surface area (Å²) >= 11 is 5.88. The van der Waals surface area contributed by atoms with Crippen molar-refractivity contribution < 1.29 is 22.7 Å². The van der Waals surface area contributed by atoms with Gasteiger partial charge in [0.1, 0.15) is 5.75 Å². The summed E-state index contributed by atoms with van der Waals surface area (Å²) in [6.45, 7) is 1.60. The molecule has 0 bridgehead atoms. The van der Waals surface area contributed by atoms with Crippen LogP contribution in [0, 0.1) is 0 Å². The number of rotatable bonds is 4. The fraction of sp³-hybridized carbons (Fsp3) is 0.235. The minimum atomic E-state index is -4.43. The number of nitrogens with one attached hydrogen (secondary N) is 1. The normalized spacial score (nSPS) is 12.6. The van der Waals surface area contributed by atoms with Crippen LogP contribution >= 0.6 is 11.6 Å². The summed E-state index contributed by atoms with van der Waals surface area (Å²) in [6, 6.07) is 8.77. The van der Waals surface area contributed by atoms with Crippen LogP contribution in [0.1, 0.15) is 34.5 Å². The van der Waals surface area contributed by atoms with Gasteiger partial charge >= 0.3 is 6.18 Å². The third-order valence-corrected chi connectivity index (χ3v) is 3.70. The van der Waals surface area contributed by atoms with Crippen molar-refractivity contribution in [3.05, 3.63) is 64.2 Å². The van der Waals surface area contributed by atoms with Gasteiger partial charge in [0.15, 0.2) is 0 Å². The highest BCUT2D eigenvalue weighted by Crippen LogP contribution is 2.31. The zero-order valence-electron chi connectivity index (χ0n) is 12.9. The molecular formula is C17H15ClF3NO2. The lowest BCUT2D eigenvalue weighted by Crippen LogP contribution is -2.27. The lowest BCUT2D eigenvalue weighted by atomic mass is 10.0. The number of hydrogen-bond donors (Lipinski definition) is 1. The molecule has 24 heavy (non-hydrogen) atoms. The van der Waals surface area contributed by atoms with Crippen LogP contribution in [0.2, 0.25) is 5.02 Å². The molecule has 128 valence electrons. The number of amides is 1. The van der Waals surface area contributed by atoms with Crippen LogP contribution in [-0.4, -0.2) is 13.0 Å². The number of halogens is 4. The summed E-state index contributed by atoms with van der Waals surface area (Å²) in [5.74, 6) is -0.160. The van der Waals surface area contributed by atoms with E-state index in [2.05, 4.69) is 5.32 Å². The first-order valence-corrected chi connectivity index (χ1v) is 7.41. The van der Waals surface area contributed by atoms with E-state index in [9.17, 15) is 18.0 Å². The first-order chi connectivity index (χ1) is 11.2. The lowest BCUT2D eigenvalue weighted by Gasteiger charge is -2.17. The number of carbonyl (C=O) groups is 1. The number of carbonyl (C=O) groups excluding carboxylic acids is 1. The van der Waals surface area contributed by atoms with Crippen molar-refractivity contribution in [1.29, 1.82) is 0 Å². The molecule has 0 aliphatic carbocycles. The van der Waals surface area contributed by atoms with Gasteiger partial charge in [0.2, 0.25) is 0 Å². The minimum Gasteiger partial charge on any atom is -0.496 e. The van der Waals surface area contributed by atoms with Gasteiger partial charge in [-0.25, -0.2) is 0 Å². The van der Waals surface area contributed by atoms with Crippen LogP contribution in [0.15, 0.2) is 42.5 Å². The maximum atomic E-state index is 12.8. The van der Waals surface area contributed by atoms with Crippen molar-refractivity contribution in [2.24, 2.45) is 0 Å². The molecule has 7 heteroatoms. The van der Waals surface area contributed by atoms with Crippen molar-refractivity contribution in [3.63, 3.8) is 0 Å². The molecule has 1 N–H and O–H groups in total. The maximum Gasteiger partial charge on any atom is 0.416 e. The molecule has 0 fully saturated rings. The molecule has 0 radical (unpaired) electrons. The molecule has 0 spiro atoms. The number of ether oxygens (including phenoxy) is 1. The number of benzene rings is 2. The van der Waals surface area contributed by atoms with Crippen LogP contribution in [0.3, 0.4) is 0 Å². The zero-order valence-corrected chi connectivity index (χ0v) is 13.7. The number of hydrogen-bond acceptors (Lipinski definition) is 2. The van der Waals surface area contributed by atoms with Gasteiger partial charge in [-0.05, 0) is 42.8 Å². The van der Waals surface area contributed by atoms with E-state index in [0.29, 0.717) is 16.3 Å². The standard InChI is InChI=1S/C17H15ClF3NO2/c1-10(11-4-3-5-12(8-11)17(19,20)21)22-16(23)14-9-13(18)6-7-15(14)24-2/h3-10H,1-2H3,(H,22,23). The van der Waals surface area contributed by atoms with Gasteiger partial charge in [0.25, 0.3) is 5.91 Å². The average Bonchev–Trinajstić information content (AvgIpc) is 2.54. The molecule has 3 nitrogen and oxygen atoms in total. The fourth-order valence-electron chi connectivity index (χ4n) is 2.20. The van der Waals surface area contributed by atoms with Gasteiger partial charge in [-0.1, -0.05) is 23.7 Å².